The highest BCUT2D eigenvalue weighted by molar-refractivity contribution is 7.80. The van der Waals surface area contributed by atoms with E-state index in [2.05, 4.69) is 45.8 Å². The molecule has 3 unspecified atom stereocenters. The Morgan fingerprint density at radius 2 is 2.30 bits per heavy atom. The number of piperidine rings is 1. The zero-order valence-electron chi connectivity index (χ0n) is 12.7. The quantitative estimate of drug-likeness (QED) is 0.718. The minimum Gasteiger partial charge on any atom is -0.493 e. The van der Waals surface area contributed by atoms with Crippen LogP contribution in [0.2, 0.25) is 0 Å². The van der Waals surface area contributed by atoms with Crippen LogP contribution >= 0.6 is 24.2 Å². The van der Waals surface area contributed by atoms with Crippen molar-refractivity contribution >= 4 is 34.4 Å². The minimum absolute atomic E-state index is 0.449. The smallest absolute Gasteiger partial charge is 0.119 e. The van der Waals surface area contributed by atoms with E-state index in [4.69, 9.17) is 4.74 Å². The first-order valence-corrected chi connectivity index (χ1v) is 9.19. The SMILES string of the molecule is C1=CCC2C(=C1)OC1CNCCC12.Sc1cccc2snnc12. The van der Waals surface area contributed by atoms with Gasteiger partial charge < -0.3 is 10.1 Å². The first-order chi connectivity index (χ1) is 11.3. The van der Waals surface area contributed by atoms with Gasteiger partial charge >= 0.3 is 0 Å². The molecule has 0 spiro atoms. The molecule has 4 nitrogen and oxygen atoms in total. The number of fused-ring (bicyclic) bond motifs is 4. The first kappa shape index (κ1) is 15.2. The fourth-order valence-corrected chi connectivity index (χ4v) is 4.46. The molecular weight excluding hydrogens is 326 g/mol. The Morgan fingerprint density at radius 3 is 3.22 bits per heavy atom. The summed E-state index contributed by atoms with van der Waals surface area (Å²) in [5.41, 5.74) is 0.899. The number of nitrogens with one attached hydrogen (secondary N) is 1. The fourth-order valence-electron chi connectivity index (χ4n) is 3.54. The van der Waals surface area contributed by atoms with Gasteiger partial charge in [-0.1, -0.05) is 22.7 Å². The summed E-state index contributed by atoms with van der Waals surface area (Å²) in [7, 11) is 0. The van der Waals surface area contributed by atoms with Crippen molar-refractivity contribution in [3.05, 3.63) is 42.2 Å². The lowest BCUT2D eigenvalue weighted by Crippen LogP contribution is -2.39. The van der Waals surface area contributed by atoms with E-state index >= 15 is 0 Å². The largest absolute Gasteiger partial charge is 0.493 e. The normalized spacial score (nSPS) is 28.2. The van der Waals surface area contributed by atoms with E-state index in [1.54, 1.807) is 0 Å². The van der Waals surface area contributed by atoms with Gasteiger partial charge in [-0.3, -0.25) is 0 Å². The molecule has 23 heavy (non-hydrogen) atoms. The van der Waals surface area contributed by atoms with Crippen molar-refractivity contribution in [2.75, 3.05) is 13.1 Å². The molecule has 0 saturated carbocycles. The Labute approximate surface area is 145 Å². The first-order valence-electron chi connectivity index (χ1n) is 7.97. The summed E-state index contributed by atoms with van der Waals surface area (Å²) in [6.07, 6.45) is 9.45. The van der Waals surface area contributed by atoms with Gasteiger partial charge in [-0.2, -0.15) is 0 Å². The molecule has 2 aliphatic heterocycles. The molecule has 2 aromatic rings. The van der Waals surface area contributed by atoms with E-state index in [1.165, 1.54) is 30.1 Å². The van der Waals surface area contributed by atoms with Crippen molar-refractivity contribution in [3.63, 3.8) is 0 Å². The molecule has 1 aromatic heterocycles. The standard InChI is InChI=1S/C11H15NO.C6H4N2S2/c1-2-4-10-8(3-1)9-5-6-12-7-11(9)13-10;9-4-2-1-3-5-6(4)7-8-10-5/h1-2,4,8-9,11-12H,3,5-7H2;1-3,9H. The highest BCUT2D eigenvalue weighted by atomic mass is 32.1. The molecule has 2 saturated heterocycles. The summed E-state index contributed by atoms with van der Waals surface area (Å²) >= 11 is 5.61. The average Bonchev–Trinajstić information content (AvgIpc) is 3.20. The van der Waals surface area contributed by atoms with Gasteiger partial charge in [-0.05, 0) is 49.1 Å². The second-order valence-corrected chi connectivity index (χ2v) is 7.32. The molecule has 1 aromatic carbocycles. The van der Waals surface area contributed by atoms with Crippen molar-refractivity contribution in [1.82, 2.24) is 14.9 Å². The molecule has 3 aliphatic rings. The van der Waals surface area contributed by atoms with Crippen LogP contribution in [0.15, 0.2) is 47.1 Å². The van der Waals surface area contributed by atoms with E-state index in [0.717, 1.165) is 34.1 Å². The lowest BCUT2D eigenvalue weighted by atomic mass is 9.81. The molecule has 0 bridgehead atoms. The molecule has 3 heterocycles. The average molecular weight is 345 g/mol. The molecule has 5 rings (SSSR count). The van der Waals surface area contributed by atoms with Crippen molar-refractivity contribution < 1.29 is 4.74 Å². The van der Waals surface area contributed by atoms with Crippen LogP contribution in [0.4, 0.5) is 0 Å². The van der Waals surface area contributed by atoms with Gasteiger partial charge in [0.15, 0.2) is 0 Å². The number of nitrogens with zero attached hydrogens (tertiary/aromatic N) is 2. The summed E-state index contributed by atoms with van der Waals surface area (Å²) in [4.78, 5) is 0.895. The minimum atomic E-state index is 0.449. The Morgan fingerprint density at radius 1 is 1.35 bits per heavy atom. The van der Waals surface area contributed by atoms with E-state index in [-0.39, 0.29) is 0 Å². The number of aromatic nitrogens is 2. The zero-order valence-corrected chi connectivity index (χ0v) is 14.4. The molecule has 3 atom stereocenters. The second-order valence-electron chi connectivity index (χ2n) is 6.05. The van der Waals surface area contributed by atoms with Crippen molar-refractivity contribution in [3.8, 4) is 0 Å². The van der Waals surface area contributed by atoms with Crippen molar-refractivity contribution in [2.24, 2.45) is 11.8 Å². The summed E-state index contributed by atoms with van der Waals surface area (Å²) in [6, 6.07) is 5.84. The summed E-state index contributed by atoms with van der Waals surface area (Å²) < 4.78 is 10.8. The topological polar surface area (TPSA) is 47.0 Å². The molecule has 2 fully saturated rings. The van der Waals surface area contributed by atoms with Gasteiger partial charge in [0.25, 0.3) is 0 Å². The van der Waals surface area contributed by atoms with Crippen LogP contribution in [0.1, 0.15) is 12.8 Å². The maximum absolute atomic E-state index is 5.92. The van der Waals surface area contributed by atoms with Crippen molar-refractivity contribution in [1.29, 1.82) is 0 Å². The lowest BCUT2D eigenvalue weighted by Gasteiger charge is -2.26. The maximum Gasteiger partial charge on any atom is 0.119 e. The van der Waals surface area contributed by atoms with Gasteiger partial charge in [-0.15, -0.1) is 17.7 Å². The fraction of sp³-hybridized carbons (Fsp3) is 0.412. The summed E-state index contributed by atoms with van der Waals surface area (Å²) in [5.74, 6) is 2.70. The molecule has 1 aliphatic carbocycles. The highest BCUT2D eigenvalue weighted by Gasteiger charge is 2.42. The number of ether oxygens (including phenoxy) is 1. The van der Waals surface area contributed by atoms with Gasteiger partial charge in [0, 0.05) is 23.3 Å². The second kappa shape index (κ2) is 6.63. The number of thiol groups is 1. The third-order valence-corrected chi connectivity index (χ3v) is 5.74. The van der Waals surface area contributed by atoms with Gasteiger partial charge in [-0.25, -0.2) is 0 Å². The van der Waals surface area contributed by atoms with E-state index < -0.39 is 0 Å². The zero-order chi connectivity index (χ0) is 15.6. The molecule has 0 radical (unpaired) electrons. The monoisotopic (exact) mass is 345 g/mol. The summed E-state index contributed by atoms with van der Waals surface area (Å²) in [6.45, 7) is 2.20. The molecule has 1 N–H and O–H groups in total. The van der Waals surface area contributed by atoms with Crippen LogP contribution in [-0.4, -0.2) is 28.8 Å². The van der Waals surface area contributed by atoms with E-state index in [1.807, 2.05) is 18.2 Å². The molecule has 0 amide bonds. The predicted molar refractivity (Wildman–Crippen MR) is 95.8 cm³/mol. The van der Waals surface area contributed by atoms with Crippen molar-refractivity contribution in [2.45, 2.75) is 23.8 Å². The van der Waals surface area contributed by atoms with E-state index in [9.17, 15) is 0 Å². The van der Waals surface area contributed by atoms with Crippen LogP contribution in [0.3, 0.4) is 0 Å². The van der Waals surface area contributed by atoms with Crippen LogP contribution in [0.5, 0.6) is 0 Å². The number of hydrogen-bond donors (Lipinski definition) is 2. The lowest BCUT2D eigenvalue weighted by molar-refractivity contribution is 0.108. The maximum atomic E-state index is 5.92. The number of hydrogen-bond acceptors (Lipinski definition) is 6. The predicted octanol–water partition coefficient (Wildman–Crippen LogP) is 3.43. The Balaban J connectivity index is 0.000000122. The number of allylic oxidation sites excluding steroid dienone is 4. The third-order valence-electron chi connectivity index (χ3n) is 4.69. The third kappa shape index (κ3) is 3.03. The number of benzene rings is 1. The Kier molecular flexibility index (Phi) is 4.37. The van der Waals surface area contributed by atoms with E-state index in [0.29, 0.717) is 12.0 Å². The number of rotatable bonds is 0. The van der Waals surface area contributed by atoms with Gasteiger partial charge in [0.1, 0.15) is 17.4 Å². The Bertz CT molecular complexity index is 755. The molecule has 6 heteroatoms. The van der Waals surface area contributed by atoms with Crippen LogP contribution in [0.25, 0.3) is 10.2 Å². The summed E-state index contributed by atoms with van der Waals surface area (Å²) in [5, 5.41) is 7.30. The van der Waals surface area contributed by atoms with Crippen LogP contribution in [-0.2, 0) is 4.74 Å². The highest BCUT2D eigenvalue weighted by Crippen LogP contribution is 2.42. The Hall–Kier alpha value is -1.37. The van der Waals surface area contributed by atoms with Gasteiger partial charge in [0.05, 0.1) is 4.70 Å². The molecule has 120 valence electrons. The molecular formula is C17H19N3OS2. The van der Waals surface area contributed by atoms with Crippen LogP contribution < -0.4 is 5.32 Å². The van der Waals surface area contributed by atoms with Crippen LogP contribution in [0, 0.1) is 11.8 Å². The van der Waals surface area contributed by atoms with Gasteiger partial charge in [0.2, 0.25) is 0 Å².